The standard InChI is InChI=1S/C31H31NO5/c1-5-35-29(33)18-23-10-12-24(13-11-23)25-14-16-26(17-15-25)31-28(21(3)32-37-31)19-30(34)36-22(4)27-9-7-6-8-20(27)2/h6-17,22H,5,18-19H2,1-4H3. The topological polar surface area (TPSA) is 78.6 Å². The van der Waals surface area contributed by atoms with Gasteiger partial charge in [-0.25, -0.2) is 0 Å². The third kappa shape index (κ3) is 6.33. The van der Waals surface area contributed by atoms with Crippen LogP contribution in [-0.4, -0.2) is 23.7 Å². The predicted molar refractivity (Wildman–Crippen MR) is 142 cm³/mol. The highest BCUT2D eigenvalue weighted by molar-refractivity contribution is 5.78. The van der Waals surface area contributed by atoms with Gasteiger partial charge >= 0.3 is 11.9 Å². The summed E-state index contributed by atoms with van der Waals surface area (Å²) in [5, 5.41) is 4.10. The molecule has 0 saturated heterocycles. The molecule has 0 saturated carbocycles. The van der Waals surface area contributed by atoms with Gasteiger partial charge in [0.25, 0.3) is 0 Å². The molecular formula is C31H31NO5. The van der Waals surface area contributed by atoms with Crippen molar-refractivity contribution in [2.75, 3.05) is 6.61 Å². The summed E-state index contributed by atoms with van der Waals surface area (Å²) < 4.78 is 16.3. The molecule has 0 bridgehead atoms. The van der Waals surface area contributed by atoms with Crippen molar-refractivity contribution in [2.45, 2.75) is 46.6 Å². The average Bonchev–Trinajstić information content (AvgIpc) is 3.24. The Morgan fingerprint density at radius 3 is 2.11 bits per heavy atom. The van der Waals surface area contributed by atoms with E-state index in [2.05, 4.69) is 5.16 Å². The van der Waals surface area contributed by atoms with Crippen LogP contribution < -0.4 is 0 Å². The van der Waals surface area contributed by atoms with Gasteiger partial charge in [0, 0.05) is 11.1 Å². The molecule has 0 fully saturated rings. The molecule has 0 aliphatic heterocycles. The Balaban J connectivity index is 1.45. The second-order valence-electron chi connectivity index (χ2n) is 9.00. The van der Waals surface area contributed by atoms with E-state index in [0.29, 0.717) is 18.1 Å². The van der Waals surface area contributed by atoms with Crippen molar-refractivity contribution in [3.63, 3.8) is 0 Å². The number of aryl methyl sites for hydroxylation is 2. The zero-order valence-electron chi connectivity index (χ0n) is 21.6. The lowest BCUT2D eigenvalue weighted by atomic mass is 9.99. The first-order valence-corrected chi connectivity index (χ1v) is 12.4. The molecule has 1 aromatic heterocycles. The van der Waals surface area contributed by atoms with Gasteiger partial charge in [-0.3, -0.25) is 9.59 Å². The summed E-state index contributed by atoms with van der Waals surface area (Å²) in [6.07, 6.45) is -0.0162. The number of hydrogen-bond acceptors (Lipinski definition) is 6. The van der Waals surface area contributed by atoms with Crippen molar-refractivity contribution >= 4 is 11.9 Å². The lowest BCUT2D eigenvalue weighted by Crippen LogP contribution is -2.13. The Hall–Kier alpha value is -4.19. The Bertz CT molecular complexity index is 1370. The largest absolute Gasteiger partial charge is 0.466 e. The predicted octanol–water partition coefficient (Wildman–Crippen LogP) is 6.58. The fraction of sp³-hybridized carbons (Fsp3) is 0.258. The van der Waals surface area contributed by atoms with Gasteiger partial charge in [-0.05, 0) is 55.5 Å². The van der Waals surface area contributed by atoms with Crippen molar-refractivity contribution in [3.05, 3.63) is 101 Å². The second-order valence-corrected chi connectivity index (χ2v) is 9.00. The first-order valence-electron chi connectivity index (χ1n) is 12.4. The lowest BCUT2D eigenvalue weighted by molar-refractivity contribution is -0.147. The third-order valence-electron chi connectivity index (χ3n) is 6.33. The molecule has 0 aliphatic rings. The molecule has 1 unspecified atom stereocenters. The highest BCUT2D eigenvalue weighted by Crippen LogP contribution is 2.30. The van der Waals surface area contributed by atoms with Gasteiger partial charge in [0.05, 0.1) is 25.1 Å². The maximum atomic E-state index is 12.8. The van der Waals surface area contributed by atoms with Crippen molar-refractivity contribution in [3.8, 4) is 22.5 Å². The summed E-state index contributed by atoms with van der Waals surface area (Å²) in [4.78, 5) is 24.5. The Kier molecular flexibility index (Phi) is 8.18. The van der Waals surface area contributed by atoms with E-state index in [0.717, 1.165) is 38.9 Å². The van der Waals surface area contributed by atoms with Crippen molar-refractivity contribution in [2.24, 2.45) is 0 Å². The third-order valence-corrected chi connectivity index (χ3v) is 6.33. The van der Waals surface area contributed by atoms with Gasteiger partial charge < -0.3 is 14.0 Å². The maximum absolute atomic E-state index is 12.8. The summed E-state index contributed by atoms with van der Waals surface area (Å²) in [5.74, 6) is 0.00318. The molecule has 3 aromatic carbocycles. The molecule has 6 heteroatoms. The second kappa shape index (κ2) is 11.7. The Morgan fingerprint density at radius 1 is 0.838 bits per heavy atom. The highest BCUT2D eigenvalue weighted by atomic mass is 16.5. The van der Waals surface area contributed by atoms with E-state index in [1.807, 2.05) is 93.6 Å². The van der Waals surface area contributed by atoms with Gasteiger partial charge in [0.15, 0.2) is 5.76 Å². The van der Waals surface area contributed by atoms with Crippen molar-refractivity contribution < 1.29 is 23.6 Å². The number of esters is 2. The fourth-order valence-electron chi connectivity index (χ4n) is 4.32. The van der Waals surface area contributed by atoms with E-state index in [9.17, 15) is 9.59 Å². The summed E-state index contributed by atoms with van der Waals surface area (Å²) in [7, 11) is 0. The minimum absolute atomic E-state index is 0.0740. The van der Waals surface area contributed by atoms with Gasteiger partial charge in [-0.1, -0.05) is 78.0 Å². The molecule has 0 N–H and O–H groups in total. The smallest absolute Gasteiger partial charge is 0.311 e. The molecule has 0 spiro atoms. The van der Waals surface area contributed by atoms with E-state index < -0.39 is 0 Å². The van der Waals surface area contributed by atoms with Crippen LogP contribution in [0.25, 0.3) is 22.5 Å². The van der Waals surface area contributed by atoms with E-state index in [-0.39, 0.29) is 30.9 Å². The normalized spacial score (nSPS) is 11.7. The van der Waals surface area contributed by atoms with Crippen LogP contribution in [-0.2, 0) is 31.9 Å². The number of ether oxygens (including phenoxy) is 2. The lowest BCUT2D eigenvalue weighted by Gasteiger charge is -2.15. The zero-order valence-corrected chi connectivity index (χ0v) is 21.6. The molecule has 37 heavy (non-hydrogen) atoms. The van der Waals surface area contributed by atoms with Crippen molar-refractivity contribution in [1.29, 1.82) is 0 Å². The van der Waals surface area contributed by atoms with Crippen LogP contribution in [0, 0.1) is 13.8 Å². The number of aromatic nitrogens is 1. The quantitative estimate of drug-likeness (QED) is 0.243. The molecule has 0 aliphatic carbocycles. The molecule has 6 nitrogen and oxygen atoms in total. The molecule has 1 heterocycles. The van der Waals surface area contributed by atoms with Crippen molar-refractivity contribution in [1.82, 2.24) is 5.16 Å². The summed E-state index contributed by atoms with van der Waals surface area (Å²) in [6.45, 7) is 7.88. The van der Waals surface area contributed by atoms with Crippen LogP contribution in [0.5, 0.6) is 0 Å². The zero-order chi connectivity index (χ0) is 26.4. The van der Waals surface area contributed by atoms with Gasteiger partial charge in [-0.15, -0.1) is 0 Å². The van der Waals surface area contributed by atoms with E-state index in [1.165, 1.54) is 0 Å². The van der Waals surface area contributed by atoms with Gasteiger partial charge in [-0.2, -0.15) is 0 Å². The molecular weight excluding hydrogens is 466 g/mol. The Labute approximate surface area is 217 Å². The van der Waals surface area contributed by atoms with E-state index in [4.69, 9.17) is 14.0 Å². The van der Waals surface area contributed by atoms with E-state index >= 15 is 0 Å². The molecule has 1 atom stereocenters. The highest BCUT2D eigenvalue weighted by Gasteiger charge is 2.21. The van der Waals surface area contributed by atoms with Crippen LogP contribution in [0.15, 0.2) is 77.3 Å². The number of rotatable bonds is 9. The fourth-order valence-corrected chi connectivity index (χ4v) is 4.32. The summed E-state index contributed by atoms with van der Waals surface area (Å²) >= 11 is 0. The van der Waals surface area contributed by atoms with Gasteiger partial charge in [0.2, 0.25) is 0 Å². The molecule has 4 aromatic rings. The minimum Gasteiger partial charge on any atom is -0.466 e. The SMILES string of the molecule is CCOC(=O)Cc1ccc(-c2ccc(-c3onc(C)c3CC(=O)OC(C)c3ccccc3C)cc2)cc1. The van der Waals surface area contributed by atoms with Crippen LogP contribution >= 0.6 is 0 Å². The molecule has 0 radical (unpaired) electrons. The van der Waals surface area contributed by atoms with E-state index in [1.54, 1.807) is 6.92 Å². The Morgan fingerprint density at radius 2 is 1.46 bits per heavy atom. The number of nitrogens with zero attached hydrogens (tertiary/aromatic N) is 1. The monoisotopic (exact) mass is 497 g/mol. The molecule has 0 amide bonds. The summed E-state index contributed by atoms with van der Waals surface area (Å²) in [5.41, 5.74) is 7.25. The van der Waals surface area contributed by atoms with Gasteiger partial charge in [0.1, 0.15) is 6.10 Å². The number of carbonyl (C=O) groups excluding carboxylic acids is 2. The van der Waals surface area contributed by atoms with Crippen LogP contribution in [0.4, 0.5) is 0 Å². The van der Waals surface area contributed by atoms with Crippen LogP contribution in [0.2, 0.25) is 0 Å². The molecule has 190 valence electrons. The first-order chi connectivity index (χ1) is 17.9. The first kappa shape index (κ1) is 25.9. The minimum atomic E-state index is -0.347. The summed E-state index contributed by atoms with van der Waals surface area (Å²) in [6, 6.07) is 23.6. The van der Waals surface area contributed by atoms with Crippen LogP contribution in [0.3, 0.4) is 0 Å². The van der Waals surface area contributed by atoms with Crippen LogP contribution in [0.1, 0.15) is 47.9 Å². The number of hydrogen-bond donors (Lipinski definition) is 0. The maximum Gasteiger partial charge on any atom is 0.311 e. The number of benzene rings is 3. The molecule has 4 rings (SSSR count). The number of carbonyl (C=O) groups is 2. The average molecular weight is 498 g/mol.